The topological polar surface area (TPSA) is 42.5 Å². The number of ether oxygens (including phenoxy) is 2. The summed E-state index contributed by atoms with van der Waals surface area (Å²) >= 11 is 0. The second-order valence-electron chi connectivity index (χ2n) is 3.56. The van der Waals surface area contributed by atoms with Crippen molar-refractivity contribution in [3.8, 4) is 11.5 Å². The van der Waals surface area contributed by atoms with Gasteiger partial charge in [0.15, 0.2) is 17.6 Å². The van der Waals surface area contributed by atoms with Gasteiger partial charge in [0.25, 0.3) is 0 Å². The van der Waals surface area contributed by atoms with Crippen LogP contribution in [0.15, 0.2) is 36.7 Å². The molecule has 0 saturated carbocycles. The molecule has 0 amide bonds. The van der Waals surface area contributed by atoms with Crippen LogP contribution >= 0.6 is 0 Å². The van der Waals surface area contributed by atoms with Gasteiger partial charge in [-0.15, -0.1) is 0 Å². The minimum Gasteiger partial charge on any atom is -0.486 e. The maximum atomic E-state index is 5.83. The van der Waals surface area contributed by atoms with E-state index in [1.54, 1.807) is 0 Å². The molecule has 3 rings (SSSR count). The van der Waals surface area contributed by atoms with Gasteiger partial charge in [-0.2, -0.15) is 0 Å². The molecule has 2 aliphatic heterocycles. The van der Waals surface area contributed by atoms with Crippen LogP contribution in [0.1, 0.15) is 0 Å². The second kappa shape index (κ2) is 3.38. The van der Waals surface area contributed by atoms with Crippen LogP contribution in [-0.4, -0.2) is 18.9 Å². The Labute approximate surface area is 87.9 Å². The predicted molar refractivity (Wildman–Crippen MR) is 55.6 cm³/mol. The summed E-state index contributed by atoms with van der Waals surface area (Å²) in [5, 5.41) is 6.32. The van der Waals surface area contributed by atoms with Gasteiger partial charge in [0.1, 0.15) is 12.8 Å². The summed E-state index contributed by atoms with van der Waals surface area (Å²) in [5.41, 5.74) is 0. The van der Waals surface area contributed by atoms with E-state index >= 15 is 0 Å². The molecule has 15 heavy (non-hydrogen) atoms. The molecule has 2 N–H and O–H groups in total. The number of benzene rings is 1. The molecule has 0 spiro atoms. The maximum absolute atomic E-state index is 5.83. The van der Waals surface area contributed by atoms with E-state index in [1.807, 2.05) is 36.7 Å². The van der Waals surface area contributed by atoms with E-state index in [4.69, 9.17) is 9.47 Å². The molecule has 1 aromatic carbocycles. The zero-order valence-electron chi connectivity index (χ0n) is 8.14. The zero-order chi connectivity index (χ0) is 10.1. The summed E-state index contributed by atoms with van der Waals surface area (Å²) in [5.74, 6) is 1.63. The first-order chi connectivity index (χ1) is 7.43. The molecule has 0 aliphatic carbocycles. The Hall–Kier alpha value is -1.84. The lowest BCUT2D eigenvalue weighted by Crippen LogP contribution is -2.50. The van der Waals surface area contributed by atoms with Crippen LogP contribution in [0.5, 0.6) is 11.5 Å². The van der Waals surface area contributed by atoms with Crippen molar-refractivity contribution < 1.29 is 9.47 Å². The third-order valence-electron chi connectivity index (χ3n) is 2.54. The minimum atomic E-state index is -0.00472. The average molecular weight is 204 g/mol. The van der Waals surface area contributed by atoms with Gasteiger partial charge in [-0.3, -0.25) is 0 Å². The molecule has 1 unspecified atom stereocenters. The van der Waals surface area contributed by atoms with Crippen molar-refractivity contribution in [2.75, 3.05) is 6.61 Å². The molecular formula is C11H12N2O2. The number of nitrogens with one attached hydrogen (secondary N) is 2. The van der Waals surface area contributed by atoms with Crippen LogP contribution in [0.2, 0.25) is 0 Å². The van der Waals surface area contributed by atoms with Gasteiger partial charge in [0, 0.05) is 12.4 Å². The number of rotatable bonds is 1. The van der Waals surface area contributed by atoms with Crippen molar-refractivity contribution in [1.82, 2.24) is 10.6 Å². The van der Waals surface area contributed by atoms with E-state index in [9.17, 15) is 0 Å². The standard InChI is InChI=1S/C11H12N2O2/c1-2-4-9-8(3-1)14-7-10(15-9)11-12-5-6-13-11/h1-6,10-13H,7H2. The van der Waals surface area contributed by atoms with E-state index in [-0.39, 0.29) is 12.3 Å². The smallest absolute Gasteiger partial charge is 0.171 e. The Morgan fingerprint density at radius 2 is 1.80 bits per heavy atom. The molecule has 0 bridgehead atoms. The van der Waals surface area contributed by atoms with Crippen molar-refractivity contribution in [1.29, 1.82) is 0 Å². The molecule has 2 aliphatic rings. The summed E-state index contributed by atoms with van der Waals surface area (Å²) < 4.78 is 11.4. The fourth-order valence-corrected chi connectivity index (χ4v) is 1.77. The highest BCUT2D eigenvalue weighted by Crippen LogP contribution is 2.31. The summed E-state index contributed by atoms with van der Waals surface area (Å²) in [6.07, 6.45) is 3.83. The van der Waals surface area contributed by atoms with Crippen molar-refractivity contribution in [3.05, 3.63) is 36.7 Å². The second-order valence-corrected chi connectivity index (χ2v) is 3.56. The lowest BCUT2D eigenvalue weighted by Gasteiger charge is -2.30. The Bertz CT molecular complexity index is 384. The SMILES string of the molecule is C1=CNC(C2COc3ccccc3O2)N1. The fourth-order valence-electron chi connectivity index (χ4n) is 1.77. The summed E-state index contributed by atoms with van der Waals surface area (Å²) in [7, 11) is 0. The van der Waals surface area contributed by atoms with Crippen molar-refractivity contribution in [2.45, 2.75) is 12.3 Å². The number of fused-ring (bicyclic) bond motifs is 1. The molecule has 0 saturated heterocycles. The quantitative estimate of drug-likeness (QED) is 0.710. The van der Waals surface area contributed by atoms with E-state index in [1.165, 1.54) is 0 Å². The molecular weight excluding hydrogens is 192 g/mol. The Kier molecular flexibility index (Phi) is 1.91. The largest absolute Gasteiger partial charge is 0.486 e. The predicted octanol–water partition coefficient (Wildman–Crippen LogP) is 0.816. The molecule has 0 radical (unpaired) electrons. The molecule has 1 atom stereocenters. The average Bonchev–Trinajstić information content (AvgIpc) is 2.82. The van der Waals surface area contributed by atoms with Gasteiger partial charge in [0.2, 0.25) is 0 Å². The van der Waals surface area contributed by atoms with Gasteiger partial charge in [0.05, 0.1) is 0 Å². The van der Waals surface area contributed by atoms with E-state index in [0.29, 0.717) is 6.61 Å². The lowest BCUT2D eigenvalue weighted by atomic mass is 10.2. The van der Waals surface area contributed by atoms with Crippen molar-refractivity contribution in [2.24, 2.45) is 0 Å². The molecule has 4 nitrogen and oxygen atoms in total. The molecule has 0 aromatic heterocycles. The highest BCUT2D eigenvalue weighted by molar-refractivity contribution is 5.40. The van der Waals surface area contributed by atoms with Crippen molar-refractivity contribution >= 4 is 0 Å². The first-order valence-electron chi connectivity index (χ1n) is 4.99. The first kappa shape index (κ1) is 8.47. The van der Waals surface area contributed by atoms with Crippen LogP contribution < -0.4 is 20.1 Å². The molecule has 1 aromatic rings. The highest BCUT2D eigenvalue weighted by Gasteiger charge is 2.28. The fraction of sp³-hybridized carbons (Fsp3) is 0.273. The molecule has 2 heterocycles. The van der Waals surface area contributed by atoms with Gasteiger partial charge >= 0.3 is 0 Å². The van der Waals surface area contributed by atoms with Crippen LogP contribution in [0, 0.1) is 0 Å². The molecule has 4 heteroatoms. The van der Waals surface area contributed by atoms with Crippen molar-refractivity contribution in [3.63, 3.8) is 0 Å². The highest BCUT2D eigenvalue weighted by atomic mass is 16.6. The Balaban J connectivity index is 1.77. The zero-order valence-corrected chi connectivity index (χ0v) is 8.14. The monoisotopic (exact) mass is 204 g/mol. The van der Waals surface area contributed by atoms with Gasteiger partial charge < -0.3 is 20.1 Å². The maximum Gasteiger partial charge on any atom is 0.171 e. The van der Waals surface area contributed by atoms with Gasteiger partial charge in [-0.05, 0) is 12.1 Å². The summed E-state index contributed by atoms with van der Waals surface area (Å²) in [4.78, 5) is 0. The van der Waals surface area contributed by atoms with Gasteiger partial charge in [-0.25, -0.2) is 0 Å². The van der Waals surface area contributed by atoms with Crippen LogP contribution in [0.3, 0.4) is 0 Å². The van der Waals surface area contributed by atoms with E-state index < -0.39 is 0 Å². The van der Waals surface area contributed by atoms with E-state index in [2.05, 4.69) is 10.6 Å². The third-order valence-corrected chi connectivity index (χ3v) is 2.54. The van der Waals surface area contributed by atoms with Gasteiger partial charge in [-0.1, -0.05) is 12.1 Å². The van der Waals surface area contributed by atoms with Crippen LogP contribution in [0.25, 0.3) is 0 Å². The lowest BCUT2D eigenvalue weighted by molar-refractivity contribution is 0.0628. The van der Waals surface area contributed by atoms with Crippen LogP contribution in [0.4, 0.5) is 0 Å². The third kappa shape index (κ3) is 1.48. The Morgan fingerprint density at radius 3 is 2.60 bits per heavy atom. The minimum absolute atomic E-state index is 0.00472. The molecule has 0 fully saturated rings. The normalized spacial score (nSPS) is 23.3. The summed E-state index contributed by atoms with van der Waals surface area (Å²) in [6.45, 7) is 0.559. The van der Waals surface area contributed by atoms with Crippen LogP contribution in [-0.2, 0) is 0 Å². The molecule has 78 valence electrons. The number of hydrogen-bond acceptors (Lipinski definition) is 4. The van der Waals surface area contributed by atoms with E-state index in [0.717, 1.165) is 11.5 Å². The number of hydrogen-bond donors (Lipinski definition) is 2. The summed E-state index contributed by atoms with van der Waals surface area (Å²) in [6, 6.07) is 7.72. The number of para-hydroxylation sites is 2. The Morgan fingerprint density at radius 1 is 1.07 bits per heavy atom. The first-order valence-corrected chi connectivity index (χ1v) is 4.99.